The second-order valence-corrected chi connectivity index (χ2v) is 6.08. The second-order valence-electron chi connectivity index (χ2n) is 5.16. The summed E-state index contributed by atoms with van der Waals surface area (Å²) in [6, 6.07) is 9.34. The van der Waals surface area contributed by atoms with E-state index in [9.17, 15) is 0 Å². The quantitative estimate of drug-likeness (QED) is 0.888. The van der Waals surface area contributed by atoms with Crippen LogP contribution >= 0.6 is 15.9 Å². The molecule has 0 spiro atoms. The van der Waals surface area contributed by atoms with Gasteiger partial charge in [0.05, 0.1) is 0 Å². The molecule has 3 nitrogen and oxygen atoms in total. The van der Waals surface area contributed by atoms with Crippen LogP contribution in [0.5, 0.6) is 0 Å². The number of nitrogens with zero attached hydrogens (tertiary/aromatic N) is 1. The van der Waals surface area contributed by atoms with Gasteiger partial charge in [0.2, 0.25) is 0 Å². The maximum atomic E-state index is 4.23. The van der Waals surface area contributed by atoms with Crippen LogP contribution in [-0.2, 0) is 6.42 Å². The number of hydrogen-bond donors (Lipinski definition) is 2. The van der Waals surface area contributed by atoms with Crippen molar-refractivity contribution in [3.63, 3.8) is 0 Å². The molecule has 1 saturated carbocycles. The molecular weight excluding hydrogens is 302 g/mol. The summed E-state index contributed by atoms with van der Waals surface area (Å²) in [5.74, 6) is 1.79. The highest BCUT2D eigenvalue weighted by Gasteiger charge is 2.29. The molecule has 0 saturated heterocycles. The topological polar surface area (TPSA) is 40.7 Å². The van der Waals surface area contributed by atoms with E-state index in [0.29, 0.717) is 6.04 Å². The number of aromatic amines is 1. The smallest absolute Gasteiger partial charge is 0.107 e. The number of benzene rings is 1. The van der Waals surface area contributed by atoms with Crippen molar-refractivity contribution in [1.29, 1.82) is 0 Å². The minimum absolute atomic E-state index is 0.666. The van der Waals surface area contributed by atoms with Gasteiger partial charge in [-0.1, -0.05) is 28.1 Å². The predicted octanol–water partition coefficient (Wildman–Crippen LogP) is 3.25. The highest BCUT2D eigenvalue weighted by atomic mass is 79.9. The molecule has 2 N–H and O–H groups in total. The molecule has 0 amide bonds. The van der Waals surface area contributed by atoms with Crippen LogP contribution in [0.3, 0.4) is 0 Å². The Balaban J connectivity index is 1.41. The van der Waals surface area contributed by atoms with Crippen molar-refractivity contribution in [3.05, 3.63) is 52.5 Å². The van der Waals surface area contributed by atoms with Crippen LogP contribution in [0.4, 0.5) is 0 Å². The zero-order chi connectivity index (χ0) is 13.1. The molecule has 2 aromatic rings. The maximum Gasteiger partial charge on any atom is 0.107 e. The van der Waals surface area contributed by atoms with Gasteiger partial charge in [-0.3, -0.25) is 0 Å². The van der Waals surface area contributed by atoms with Gasteiger partial charge in [-0.25, -0.2) is 4.98 Å². The molecule has 1 aliphatic rings. The number of imidazole rings is 1. The molecule has 1 aliphatic carbocycles. The Morgan fingerprint density at radius 2 is 2.26 bits per heavy atom. The van der Waals surface area contributed by atoms with E-state index in [1.807, 2.05) is 12.4 Å². The lowest BCUT2D eigenvalue weighted by Gasteiger charge is -2.36. The van der Waals surface area contributed by atoms with E-state index in [-0.39, 0.29) is 0 Å². The SMILES string of the molecule is Brc1cccc(C2CC(NCCc3ncc[nH]3)C2)c1. The van der Waals surface area contributed by atoms with E-state index in [2.05, 4.69) is 55.5 Å². The Kier molecular flexibility index (Phi) is 3.99. The molecule has 0 unspecified atom stereocenters. The van der Waals surface area contributed by atoms with Crippen LogP contribution < -0.4 is 5.32 Å². The van der Waals surface area contributed by atoms with Crippen molar-refractivity contribution >= 4 is 15.9 Å². The first kappa shape index (κ1) is 12.9. The highest BCUT2D eigenvalue weighted by molar-refractivity contribution is 9.10. The van der Waals surface area contributed by atoms with Crippen LogP contribution in [-0.4, -0.2) is 22.6 Å². The number of halogens is 1. The predicted molar refractivity (Wildman–Crippen MR) is 80.2 cm³/mol. The lowest BCUT2D eigenvalue weighted by molar-refractivity contribution is 0.292. The Bertz CT molecular complexity index is 518. The van der Waals surface area contributed by atoms with E-state index in [4.69, 9.17) is 0 Å². The maximum absolute atomic E-state index is 4.23. The summed E-state index contributed by atoms with van der Waals surface area (Å²) in [5.41, 5.74) is 1.46. The molecule has 0 bridgehead atoms. The fourth-order valence-corrected chi connectivity index (χ4v) is 3.06. The standard InChI is InChI=1S/C15H18BrN3/c16-13-3-1-2-11(8-13)12-9-14(10-12)17-5-4-15-18-6-7-19-15/h1-3,6-8,12,14,17H,4-5,9-10H2,(H,18,19). The first-order chi connectivity index (χ1) is 9.31. The number of nitrogens with one attached hydrogen (secondary N) is 2. The Morgan fingerprint density at radius 3 is 3.00 bits per heavy atom. The van der Waals surface area contributed by atoms with Crippen molar-refractivity contribution < 1.29 is 0 Å². The molecule has 1 heterocycles. The first-order valence-electron chi connectivity index (χ1n) is 6.78. The van der Waals surface area contributed by atoms with Gasteiger partial charge in [-0.15, -0.1) is 0 Å². The molecule has 3 rings (SSSR count). The van der Waals surface area contributed by atoms with Gasteiger partial charge >= 0.3 is 0 Å². The molecule has 1 fully saturated rings. The van der Waals surface area contributed by atoms with Gasteiger partial charge in [-0.05, 0) is 36.5 Å². The summed E-state index contributed by atoms with van der Waals surface area (Å²) in [6.45, 7) is 1.00. The molecule has 0 atom stereocenters. The molecule has 100 valence electrons. The fraction of sp³-hybridized carbons (Fsp3) is 0.400. The van der Waals surface area contributed by atoms with Gasteiger partial charge < -0.3 is 10.3 Å². The lowest BCUT2D eigenvalue weighted by atomic mass is 9.76. The van der Waals surface area contributed by atoms with Crippen molar-refractivity contribution in [2.75, 3.05) is 6.54 Å². The molecule has 4 heteroatoms. The molecule has 0 aliphatic heterocycles. The summed E-state index contributed by atoms with van der Waals surface area (Å²) in [7, 11) is 0. The van der Waals surface area contributed by atoms with Gasteiger partial charge in [0.25, 0.3) is 0 Å². The van der Waals surface area contributed by atoms with Gasteiger partial charge in [0.15, 0.2) is 0 Å². The van der Waals surface area contributed by atoms with E-state index < -0.39 is 0 Å². The molecule has 1 aromatic carbocycles. The van der Waals surface area contributed by atoms with Crippen molar-refractivity contribution in [3.8, 4) is 0 Å². The Morgan fingerprint density at radius 1 is 1.37 bits per heavy atom. The average molecular weight is 320 g/mol. The zero-order valence-electron chi connectivity index (χ0n) is 10.8. The van der Waals surface area contributed by atoms with E-state index in [1.54, 1.807) is 0 Å². The zero-order valence-corrected chi connectivity index (χ0v) is 12.4. The third-order valence-corrected chi connectivity index (χ3v) is 4.30. The third-order valence-electron chi connectivity index (χ3n) is 3.81. The van der Waals surface area contributed by atoms with Crippen LogP contribution in [0.25, 0.3) is 0 Å². The Hall–Kier alpha value is -1.13. The van der Waals surface area contributed by atoms with Crippen LogP contribution in [0.2, 0.25) is 0 Å². The number of H-pyrrole nitrogens is 1. The fourth-order valence-electron chi connectivity index (χ4n) is 2.65. The van der Waals surface area contributed by atoms with Crippen LogP contribution in [0.15, 0.2) is 41.1 Å². The summed E-state index contributed by atoms with van der Waals surface area (Å²) in [4.78, 5) is 7.36. The second kappa shape index (κ2) is 5.88. The van der Waals surface area contributed by atoms with Crippen LogP contribution in [0, 0.1) is 0 Å². The van der Waals surface area contributed by atoms with Crippen LogP contribution in [0.1, 0.15) is 30.1 Å². The van der Waals surface area contributed by atoms with E-state index in [1.165, 1.54) is 22.9 Å². The third kappa shape index (κ3) is 3.25. The van der Waals surface area contributed by atoms with Gasteiger partial charge in [-0.2, -0.15) is 0 Å². The summed E-state index contributed by atoms with van der Waals surface area (Å²) in [5, 5.41) is 3.60. The van der Waals surface area contributed by atoms with Gasteiger partial charge in [0.1, 0.15) is 5.82 Å². The molecule has 0 radical (unpaired) electrons. The molecule has 19 heavy (non-hydrogen) atoms. The minimum atomic E-state index is 0.666. The molecular formula is C15H18BrN3. The van der Waals surface area contributed by atoms with Crippen molar-refractivity contribution in [2.45, 2.75) is 31.2 Å². The monoisotopic (exact) mass is 319 g/mol. The van der Waals surface area contributed by atoms with Crippen molar-refractivity contribution in [2.24, 2.45) is 0 Å². The van der Waals surface area contributed by atoms with E-state index in [0.717, 1.165) is 24.7 Å². The average Bonchev–Trinajstić information content (AvgIpc) is 2.85. The number of hydrogen-bond acceptors (Lipinski definition) is 2. The minimum Gasteiger partial charge on any atom is -0.349 e. The Labute approximate surface area is 122 Å². The number of aromatic nitrogens is 2. The normalized spacial score (nSPS) is 22.2. The van der Waals surface area contributed by atoms with Crippen molar-refractivity contribution in [1.82, 2.24) is 15.3 Å². The highest BCUT2D eigenvalue weighted by Crippen LogP contribution is 2.37. The summed E-state index contributed by atoms with van der Waals surface area (Å²) in [6.07, 6.45) is 7.15. The van der Waals surface area contributed by atoms with E-state index >= 15 is 0 Å². The van der Waals surface area contributed by atoms with Gasteiger partial charge in [0, 0.05) is 35.9 Å². The number of rotatable bonds is 5. The first-order valence-corrected chi connectivity index (χ1v) is 7.57. The molecule has 1 aromatic heterocycles. The summed E-state index contributed by atoms with van der Waals surface area (Å²) >= 11 is 3.54. The largest absolute Gasteiger partial charge is 0.349 e. The summed E-state index contributed by atoms with van der Waals surface area (Å²) < 4.78 is 1.18. The lowest BCUT2D eigenvalue weighted by Crippen LogP contribution is -2.41.